The minimum Gasteiger partial charge on any atom is -0.272 e. The maximum absolute atomic E-state index is 11.9. The second-order valence-electron chi connectivity index (χ2n) is 4.82. The Bertz CT molecular complexity index is 678. The van der Waals surface area contributed by atoms with E-state index in [9.17, 15) is 18.0 Å². The zero-order valence-corrected chi connectivity index (χ0v) is 14.8. The Morgan fingerprint density at radius 2 is 2.00 bits per heavy atom. The molecule has 1 aliphatic rings. The highest BCUT2D eigenvalue weighted by atomic mass is 79.9. The van der Waals surface area contributed by atoms with Crippen LogP contribution in [0, 0.1) is 0 Å². The summed E-state index contributed by atoms with van der Waals surface area (Å²) >= 11 is 4.55. The van der Waals surface area contributed by atoms with Gasteiger partial charge in [0.2, 0.25) is 5.91 Å². The number of carbonyl (C=O) groups excluding carboxylic acids is 2. The maximum Gasteiger partial charge on any atom is 0.270 e. The normalized spacial score (nSPS) is 19.6. The molecular weight excluding hydrogens is 392 g/mol. The first kappa shape index (κ1) is 17.3. The zero-order chi connectivity index (χ0) is 16.2. The van der Waals surface area contributed by atoms with Crippen LogP contribution in [0.3, 0.4) is 0 Å². The number of benzene rings is 1. The summed E-state index contributed by atoms with van der Waals surface area (Å²) < 4.78 is 23.3. The molecule has 6 nitrogen and oxygen atoms in total. The standard InChI is InChI=1S/C13H15BrN2O4S2/c14-11-4-2-1-3-10(11)13(18)16-15-12(17)7-21-9-5-6-22(19,20)8-9/h1-4,9H,5-8H2,(H,15,17)(H,16,18)/t9-/m1/s1. The summed E-state index contributed by atoms with van der Waals surface area (Å²) in [5.74, 6) is -0.376. The molecule has 1 aliphatic heterocycles. The molecular formula is C13H15BrN2O4S2. The van der Waals surface area contributed by atoms with E-state index < -0.39 is 15.7 Å². The van der Waals surface area contributed by atoms with E-state index in [0.717, 1.165) is 0 Å². The lowest BCUT2D eigenvalue weighted by Crippen LogP contribution is -2.42. The summed E-state index contributed by atoms with van der Waals surface area (Å²) in [5.41, 5.74) is 5.07. The van der Waals surface area contributed by atoms with E-state index in [0.29, 0.717) is 16.5 Å². The number of carbonyl (C=O) groups is 2. The minimum absolute atomic E-state index is 0.0466. The van der Waals surface area contributed by atoms with Crippen LogP contribution in [0.4, 0.5) is 0 Å². The first-order valence-corrected chi connectivity index (χ1v) is 10.2. The fourth-order valence-electron chi connectivity index (χ4n) is 1.96. The molecule has 0 aromatic heterocycles. The van der Waals surface area contributed by atoms with Crippen molar-refractivity contribution in [3.8, 4) is 0 Å². The fraction of sp³-hybridized carbons (Fsp3) is 0.385. The van der Waals surface area contributed by atoms with Crippen molar-refractivity contribution >= 4 is 49.3 Å². The Balaban J connectivity index is 1.74. The average Bonchev–Trinajstić information content (AvgIpc) is 2.82. The third-order valence-electron chi connectivity index (χ3n) is 3.07. The number of sulfone groups is 1. The molecule has 22 heavy (non-hydrogen) atoms. The molecule has 1 aromatic rings. The van der Waals surface area contributed by atoms with Gasteiger partial charge in [-0.25, -0.2) is 8.42 Å². The van der Waals surface area contributed by atoms with Crippen LogP contribution in [0.2, 0.25) is 0 Å². The third kappa shape index (κ3) is 4.99. The van der Waals surface area contributed by atoms with Crippen molar-refractivity contribution in [3.63, 3.8) is 0 Å². The molecule has 0 radical (unpaired) electrons. The van der Waals surface area contributed by atoms with Crippen LogP contribution in [0.5, 0.6) is 0 Å². The number of amides is 2. The number of rotatable bonds is 4. The number of hydrogen-bond donors (Lipinski definition) is 2. The minimum atomic E-state index is -2.94. The van der Waals surface area contributed by atoms with E-state index in [-0.39, 0.29) is 28.4 Å². The Morgan fingerprint density at radius 3 is 2.64 bits per heavy atom. The van der Waals surface area contributed by atoms with Gasteiger partial charge in [0.25, 0.3) is 5.91 Å². The Morgan fingerprint density at radius 1 is 1.27 bits per heavy atom. The van der Waals surface area contributed by atoms with Crippen LogP contribution in [0.1, 0.15) is 16.8 Å². The van der Waals surface area contributed by atoms with Gasteiger partial charge in [0, 0.05) is 9.72 Å². The molecule has 1 aromatic carbocycles. The van der Waals surface area contributed by atoms with Gasteiger partial charge in [-0.05, 0) is 34.5 Å². The summed E-state index contributed by atoms with van der Waals surface area (Å²) in [4.78, 5) is 23.5. The van der Waals surface area contributed by atoms with Crippen LogP contribution in [0.15, 0.2) is 28.7 Å². The predicted molar refractivity (Wildman–Crippen MR) is 89.3 cm³/mol. The van der Waals surface area contributed by atoms with Gasteiger partial charge in [-0.1, -0.05) is 12.1 Å². The van der Waals surface area contributed by atoms with Gasteiger partial charge in [0.15, 0.2) is 9.84 Å². The van der Waals surface area contributed by atoms with E-state index in [4.69, 9.17) is 0 Å². The van der Waals surface area contributed by atoms with E-state index >= 15 is 0 Å². The SMILES string of the molecule is O=C(CS[C@@H]1CCS(=O)(=O)C1)NNC(=O)c1ccccc1Br. The van der Waals surface area contributed by atoms with Crippen LogP contribution in [-0.2, 0) is 14.6 Å². The lowest BCUT2D eigenvalue weighted by atomic mass is 10.2. The van der Waals surface area contributed by atoms with Crippen molar-refractivity contribution in [2.24, 2.45) is 0 Å². The van der Waals surface area contributed by atoms with Crippen molar-refractivity contribution in [1.82, 2.24) is 10.9 Å². The highest BCUT2D eigenvalue weighted by Gasteiger charge is 2.28. The Kier molecular flexibility index (Phi) is 5.87. The molecule has 2 N–H and O–H groups in total. The fourth-order valence-corrected chi connectivity index (χ4v) is 5.87. The molecule has 9 heteroatoms. The third-order valence-corrected chi connectivity index (χ3v) is 7.05. The molecule has 1 atom stereocenters. The summed E-state index contributed by atoms with van der Waals surface area (Å²) in [6.07, 6.45) is 0.573. The quantitative estimate of drug-likeness (QED) is 0.731. The summed E-state index contributed by atoms with van der Waals surface area (Å²) in [5, 5.41) is -0.0466. The molecule has 0 aliphatic carbocycles. The molecule has 1 saturated heterocycles. The molecule has 120 valence electrons. The predicted octanol–water partition coefficient (Wildman–Crippen LogP) is 1.13. The lowest BCUT2D eigenvalue weighted by Gasteiger charge is -2.10. The van der Waals surface area contributed by atoms with Gasteiger partial charge in [-0.2, -0.15) is 0 Å². The second-order valence-corrected chi connectivity index (χ2v) is 9.19. The number of hydrazine groups is 1. The van der Waals surface area contributed by atoms with Crippen LogP contribution in [0.25, 0.3) is 0 Å². The highest BCUT2D eigenvalue weighted by Crippen LogP contribution is 2.23. The van der Waals surface area contributed by atoms with E-state index in [1.54, 1.807) is 24.3 Å². The van der Waals surface area contributed by atoms with E-state index in [1.807, 2.05) is 0 Å². The number of halogens is 1. The summed E-state index contributed by atoms with van der Waals surface area (Å²) in [6.45, 7) is 0. The van der Waals surface area contributed by atoms with E-state index in [1.165, 1.54) is 11.8 Å². The maximum atomic E-state index is 11.9. The number of nitrogens with one attached hydrogen (secondary N) is 2. The first-order chi connectivity index (χ1) is 10.4. The second kappa shape index (κ2) is 7.47. The van der Waals surface area contributed by atoms with Gasteiger partial charge in [0.1, 0.15) is 0 Å². The Labute approximate surface area is 141 Å². The van der Waals surface area contributed by atoms with Gasteiger partial charge < -0.3 is 0 Å². The van der Waals surface area contributed by atoms with Crippen molar-refractivity contribution < 1.29 is 18.0 Å². The van der Waals surface area contributed by atoms with Crippen LogP contribution >= 0.6 is 27.7 Å². The Hall–Kier alpha value is -1.06. The summed E-state index contributed by atoms with van der Waals surface area (Å²) in [7, 11) is -2.94. The van der Waals surface area contributed by atoms with Crippen LogP contribution < -0.4 is 10.9 Å². The van der Waals surface area contributed by atoms with Gasteiger partial charge in [0.05, 0.1) is 22.8 Å². The van der Waals surface area contributed by atoms with Crippen molar-refractivity contribution in [1.29, 1.82) is 0 Å². The molecule has 0 spiro atoms. The monoisotopic (exact) mass is 406 g/mol. The average molecular weight is 407 g/mol. The van der Waals surface area contributed by atoms with Crippen LogP contribution in [-0.4, -0.2) is 42.7 Å². The first-order valence-electron chi connectivity index (χ1n) is 6.53. The van der Waals surface area contributed by atoms with E-state index in [2.05, 4.69) is 26.8 Å². The summed E-state index contributed by atoms with van der Waals surface area (Å²) in [6, 6.07) is 6.86. The van der Waals surface area contributed by atoms with Gasteiger partial charge in [-0.15, -0.1) is 11.8 Å². The van der Waals surface area contributed by atoms with Gasteiger partial charge in [-0.3, -0.25) is 20.4 Å². The molecule has 0 unspecified atom stereocenters. The molecule has 2 rings (SSSR count). The van der Waals surface area contributed by atoms with Crippen molar-refractivity contribution in [3.05, 3.63) is 34.3 Å². The van der Waals surface area contributed by atoms with Crippen molar-refractivity contribution in [2.45, 2.75) is 11.7 Å². The molecule has 0 bridgehead atoms. The molecule has 1 heterocycles. The lowest BCUT2D eigenvalue weighted by molar-refractivity contribution is -0.119. The largest absolute Gasteiger partial charge is 0.272 e. The number of thioether (sulfide) groups is 1. The zero-order valence-electron chi connectivity index (χ0n) is 11.5. The number of hydrogen-bond acceptors (Lipinski definition) is 5. The molecule has 2 amide bonds. The smallest absolute Gasteiger partial charge is 0.270 e. The highest BCUT2D eigenvalue weighted by molar-refractivity contribution is 9.10. The van der Waals surface area contributed by atoms with Gasteiger partial charge >= 0.3 is 0 Å². The van der Waals surface area contributed by atoms with Crippen molar-refractivity contribution in [2.75, 3.05) is 17.3 Å². The molecule has 0 saturated carbocycles. The molecule has 1 fully saturated rings. The topological polar surface area (TPSA) is 92.3 Å².